The van der Waals surface area contributed by atoms with Crippen LogP contribution in [0.5, 0.6) is 0 Å². The van der Waals surface area contributed by atoms with Gasteiger partial charge in [-0.1, -0.05) is 113 Å². The Balaban J connectivity index is 1.63. The lowest BCUT2D eigenvalue weighted by atomic mass is 9.70. The molecule has 0 aromatic heterocycles. The van der Waals surface area contributed by atoms with Crippen LogP contribution in [0, 0.1) is 0 Å². The van der Waals surface area contributed by atoms with E-state index in [0.717, 1.165) is 39.3 Å². The van der Waals surface area contributed by atoms with Crippen LogP contribution in [0.4, 0.5) is 0 Å². The summed E-state index contributed by atoms with van der Waals surface area (Å²) in [5.74, 6) is 0. The minimum absolute atomic E-state index is 0.267. The van der Waals surface area contributed by atoms with Crippen LogP contribution in [-0.2, 0) is 18.5 Å². The third-order valence-corrected chi connectivity index (χ3v) is 8.82. The fraction of sp³-hybridized carbons (Fsp3) is 0.314. The molecule has 37 heavy (non-hydrogen) atoms. The summed E-state index contributed by atoms with van der Waals surface area (Å²) in [4.78, 5) is 5.02. The van der Waals surface area contributed by atoms with E-state index in [0.29, 0.717) is 0 Å². The smallest absolute Gasteiger partial charge is 0.0725 e. The second-order valence-corrected chi connectivity index (χ2v) is 10.5. The average Bonchev–Trinajstić information content (AvgIpc) is 3.41. The zero-order valence-corrected chi connectivity index (χ0v) is 22.7. The first kappa shape index (κ1) is 24.2. The minimum Gasteiger partial charge on any atom is -0.300 e. The fourth-order valence-electron chi connectivity index (χ4n) is 6.84. The van der Waals surface area contributed by atoms with E-state index in [1.54, 1.807) is 0 Å². The lowest BCUT2D eigenvalue weighted by Gasteiger charge is -2.31. The Morgan fingerprint density at radius 2 is 0.838 bits per heavy atom. The van der Waals surface area contributed by atoms with Gasteiger partial charge in [-0.05, 0) is 81.8 Å². The molecule has 0 N–H and O–H groups in total. The van der Waals surface area contributed by atoms with Crippen molar-refractivity contribution in [2.75, 3.05) is 26.2 Å². The van der Waals surface area contributed by atoms with Gasteiger partial charge >= 0.3 is 0 Å². The van der Waals surface area contributed by atoms with Crippen molar-refractivity contribution in [3.8, 4) is 22.3 Å². The van der Waals surface area contributed by atoms with E-state index < -0.39 is 0 Å². The molecule has 1 spiro atoms. The van der Waals surface area contributed by atoms with Crippen molar-refractivity contribution in [1.82, 2.24) is 9.80 Å². The SMILES string of the molecule is CCN(CC)Cc1ccc2c(c1)C1(c3ccccc3-c3ccccc31)c1cc(CN(CC)CC)ccc1-2. The van der Waals surface area contributed by atoms with Gasteiger partial charge in [-0.2, -0.15) is 0 Å². The van der Waals surface area contributed by atoms with E-state index in [2.05, 4.69) is 122 Å². The molecule has 0 aliphatic heterocycles. The van der Waals surface area contributed by atoms with Crippen LogP contribution in [0.15, 0.2) is 84.9 Å². The van der Waals surface area contributed by atoms with Gasteiger partial charge in [0.05, 0.1) is 5.41 Å². The van der Waals surface area contributed by atoms with Gasteiger partial charge in [0, 0.05) is 13.1 Å². The van der Waals surface area contributed by atoms with Gasteiger partial charge in [0.2, 0.25) is 0 Å². The highest BCUT2D eigenvalue weighted by Crippen LogP contribution is 2.62. The molecule has 0 radical (unpaired) electrons. The monoisotopic (exact) mass is 486 g/mol. The molecule has 0 atom stereocenters. The average molecular weight is 487 g/mol. The molecule has 0 bridgehead atoms. The number of nitrogens with zero attached hydrogens (tertiary/aromatic N) is 2. The summed E-state index contributed by atoms with van der Waals surface area (Å²) in [6.45, 7) is 15.3. The summed E-state index contributed by atoms with van der Waals surface area (Å²) in [5, 5.41) is 0. The number of benzene rings is 4. The Labute approximate surface area is 222 Å². The molecular weight excluding hydrogens is 448 g/mol. The van der Waals surface area contributed by atoms with E-state index in [-0.39, 0.29) is 5.41 Å². The predicted octanol–water partition coefficient (Wildman–Crippen LogP) is 7.71. The Morgan fingerprint density at radius 1 is 0.459 bits per heavy atom. The molecule has 2 nitrogen and oxygen atoms in total. The highest BCUT2D eigenvalue weighted by Gasteiger charge is 2.51. The Kier molecular flexibility index (Phi) is 6.26. The molecule has 0 unspecified atom stereocenters. The standard InChI is InChI=1S/C35H38N2/c1-5-36(6-2)23-25-17-19-29-30-20-18-26(24-37(7-3)8-4)22-34(30)35(33(29)21-25)31-15-11-9-13-27(31)28-14-10-12-16-32(28)35/h9-22H,5-8,23-24H2,1-4H3. The summed E-state index contributed by atoms with van der Waals surface area (Å²) in [7, 11) is 0. The molecule has 188 valence electrons. The molecule has 0 amide bonds. The molecule has 2 heteroatoms. The first-order valence-electron chi connectivity index (χ1n) is 14.1. The van der Waals surface area contributed by atoms with Crippen LogP contribution in [0.2, 0.25) is 0 Å². The molecule has 0 saturated carbocycles. The Hall–Kier alpha value is -3.20. The normalized spacial score (nSPS) is 14.2. The quantitative estimate of drug-likeness (QED) is 0.217. The molecule has 2 aliphatic carbocycles. The van der Waals surface area contributed by atoms with Gasteiger partial charge in [-0.15, -0.1) is 0 Å². The van der Waals surface area contributed by atoms with E-state index in [4.69, 9.17) is 0 Å². The molecule has 0 heterocycles. The summed E-state index contributed by atoms with van der Waals surface area (Å²) in [6.07, 6.45) is 0. The molecule has 4 aromatic rings. The van der Waals surface area contributed by atoms with Gasteiger partial charge in [0.1, 0.15) is 0 Å². The zero-order chi connectivity index (χ0) is 25.6. The van der Waals surface area contributed by atoms with Crippen molar-refractivity contribution in [2.24, 2.45) is 0 Å². The molecular formula is C35H38N2. The largest absolute Gasteiger partial charge is 0.300 e. The summed E-state index contributed by atoms with van der Waals surface area (Å²) >= 11 is 0. The van der Waals surface area contributed by atoms with Crippen LogP contribution < -0.4 is 0 Å². The minimum atomic E-state index is -0.267. The highest BCUT2D eigenvalue weighted by atomic mass is 15.1. The summed E-state index contributed by atoms with van der Waals surface area (Å²) in [5.41, 5.74) is 13.8. The Morgan fingerprint density at radius 3 is 1.24 bits per heavy atom. The molecule has 6 rings (SSSR count). The van der Waals surface area contributed by atoms with Crippen LogP contribution >= 0.6 is 0 Å². The van der Waals surface area contributed by atoms with E-state index >= 15 is 0 Å². The number of rotatable bonds is 8. The number of hydrogen-bond donors (Lipinski definition) is 0. The molecule has 4 aromatic carbocycles. The van der Waals surface area contributed by atoms with Crippen LogP contribution in [0.25, 0.3) is 22.3 Å². The van der Waals surface area contributed by atoms with E-state index in [1.165, 1.54) is 55.6 Å². The highest BCUT2D eigenvalue weighted by molar-refractivity contribution is 5.95. The number of hydrogen-bond acceptors (Lipinski definition) is 2. The van der Waals surface area contributed by atoms with Crippen LogP contribution in [0.3, 0.4) is 0 Å². The lowest BCUT2D eigenvalue weighted by molar-refractivity contribution is 0.295. The maximum atomic E-state index is 2.52. The van der Waals surface area contributed by atoms with Gasteiger partial charge in [-0.3, -0.25) is 9.80 Å². The van der Waals surface area contributed by atoms with Gasteiger partial charge < -0.3 is 0 Å². The van der Waals surface area contributed by atoms with Crippen molar-refractivity contribution >= 4 is 0 Å². The van der Waals surface area contributed by atoms with Crippen molar-refractivity contribution in [3.63, 3.8) is 0 Å². The van der Waals surface area contributed by atoms with Crippen molar-refractivity contribution in [3.05, 3.63) is 118 Å². The maximum Gasteiger partial charge on any atom is 0.0725 e. The van der Waals surface area contributed by atoms with E-state index in [9.17, 15) is 0 Å². The van der Waals surface area contributed by atoms with Gasteiger partial charge in [-0.25, -0.2) is 0 Å². The molecule has 0 fully saturated rings. The first-order valence-corrected chi connectivity index (χ1v) is 14.1. The topological polar surface area (TPSA) is 6.48 Å². The van der Waals surface area contributed by atoms with Crippen molar-refractivity contribution in [2.45, 2.75) is 46.2 Å². The fourth-order valence-corrected chi connectivity index (χ4v) is 6.84. The van der Waals surface area contributed by atoms with Crippen LogP contribution in [-0.4, -0.2) is 36.0 Å². The third-order valence-electron chi connectivity index (χ3n) is 8.82. The van der Waals surface area contributed by atoms with Gasteiger partial charge in [0.25, 0.3) is 0 Å². The second-order valence-electron chi connectivity index (χ2n) is 10.5. The van der Waals surface area contributed by atoms with Gasteiger partial charge in [0.15, 0.2) is 0 Å². The van der Waals surface area contributed by atoms with Crippen molar-refractivity contribution < 1.29 is 0 Å². The second kappa shape index (κ2) is 9.59. The molecule has 0 saturated heterocycles. The number of fused-ring (bicyclic) bond motifs is 10. The van der Waals surface area contributed by atoms with Crippen molar-refractivity contribution in [1.29, 1.82) is 0 Å². The zero-order valence-electron chi connectivity index (χ0n) is 22.7. The Bertz CT molecular complexity index is 1330. The lowest BCUT2D eigenvalue weighted by Crippen LogP contribution is -2.27. The summed E-state index contributed by atoms with van der Waals surface area (Å²) in [6, 6.07) is 32.8. The third kappa shape index (κ3) is 3.61. The van der Waals surface area contributed by atoms with Crippen LogP contribution in [0.1, 0.15) is 61.1 Å². The summed E-state index contributed by atoms with van der Waals surface area (Å²) < 4.78 is 0. The first-order chi connectivity index (χ1) is 18.1. The predicted molar refractivity (Wildman–Crippen MR) is 156 cm³/mol. The maximum absolute atomic E-state index is 2.52. The van der Waals surface area contributed by atoms with E-state index in [1.807, 2.05) is 0 Å². The molecule has 2 aliphatic rings.